The minimum atomic E-state index is -0.375. The first-order valence-electron chi connectivity index (χ1n) is 8.20. The van der Waals surface area contributed by atoms with Crippen LogP contribution in [0, 0.1) is 11.3 Å². The number of rotatable bonds is 7. The number of nitrogens with two attached hydrogens (primary N) is 1. The van der Waals surface area contributed by atoms with Crippen LogP contribution >= 0.6 is 0 Å². The van der Waals surface area contributed by atoms with E-state index in [0.717, 1.165) is 31.2 Å². The van der Waals surface area contributed by atoms with Gasteiger partial charge >= 0.3 is 11.9 Å². The zero-order valence-corrected chi connectivity index (χ0v) is 13.9. The second kappa shape index (κ2) is 8.47. The first-order chi connectivity index (χ1) is 11.5. The maximum Gasteiger partial charge on any atom is 0.309 e. The minimum Gasteiger partial charge on any atom is -0.469 e. The molecule has 0 unspecified atom stereocenters. The Morgan fingerprint density at radius 2 is 2.04 bits per heavy atom. The highest BCUT2D eigenvalue weighted by molar-refractivity contribution is 5.94. The Hall–Kier alpha value is -2.37. The number of aryl methyl sites for hydroxylation is 1. The molecule has 0 spiro atoms. The summed E-state index contributed by atoms with van der Waals surface area (Å²) in [6.45, 7) is 0. The monoisotopic (exact) mass is 332 g/mol. The number of carbonyl (C=O) groups is 2. The summed E-state index contributed by atoms with van der Waals surface area (Å²) in [6.07, 6.45) is 4.02. The molecular formula is C18H24N2O4. The van der Waals surface area contributed by atoms with Crippen molar-refractivity contribution in [2.75, 3.05) is 7.11 Å². The van der Waals surface area contributed by atoms with E-state index in [9.17, 15) is 9.59 Å². The summed E-state index contributed by atoms with van der Waals surface area (Å²) in [5.41, 5.74) is 7.34. The van der Waals surface area contributed by atoms with Crippen molar-refractivity contribution in [2.24, 2.45) is 11.7 Å². The van der Waals surface area contributed by atoms with Gasteiger partial charge in [0.25, 0.3) is 0 Å². The number of unbranched alkanes of at least 4 members (excludes halogenated alkanes) is 1. The molecule has 6 heteroatoms. The molecule has 1 aromatic rings. The highest BCUT2D eigenvalue weighted by Crippen LogP contribution is 2.25. The number of hydrogen-bond donors (Lipinski definition) is 2. The Kier molecular flexibility index (Phi) is 6.35. The molecule has 2 atom stereocenters. The molecule has 1 aromatic carbocycles. The molecular weight excluding hydrogens is 308 g/mol. The molecule has 0 saturated carbocycles. The van der Waals surface area contributed by atoms with Crippen molar-refractivity contribution in [3.8, 4) is 0 Å². The van der Waals surface area contributed by atoms with E-state index in [2.05, 4.69) is 0 Å². The summed E-state index contributed by atoms with van der Waals surface area (Å²) in [4.78, 5) is 23.2. The number of nitrogen functional groups attached to an aromatic ring is 1. The van der Waals surface area contributed by atoms with Crippen molar-refractivity contribution >= 4 is 17.8 Å². The molecule has 0 amide bonds. The first kappa shape index (κ1) is 18.0. The van der Waals surface area contributed by atoms with E-state index >= 15 is 0 Å². The van der Waals surface area contributed by atoms with Gasteiger partial charge in [0.05, 0.1) is 19.4 Å². The molecule has 0 aromatic heterocycles. The van der Waals surface area contributed by atoms with Crippen LogP contribution in [0.5, 0.6) is 0 Å². The van der Waals surface area contributed by atoms with Crippen LogP contribution in [0.2, 0.25) is 0 Å². The molecule has 0 radical (unpaired) electrons. The average molecular weight is 332 g/mol. The summed E-state index contributed by atoms with van der Waals surface area (Å²) in [5, 5.41) is 7.37. The highest BCUT2D eigenvalue weighted by atomic mass is 16.5. The van der Waals surface area contributed by atoms with E-state index in [1.165, 1.54) is 12.7 Å². The van der Waals surface area contributed by atoms with E-state index in [4.69, 9.17) is 20.6 Å². The fraction of sp³-hybridized carbons (Fsp3) is 0.500. The fourth-order valence-corrected chi connectivity index (χ4v) is 2.96. The van der Waals surface area contributed by atoms with Gasteiger partial charge in [-0.1, -0.05) is 24.3 Å². The van der Waals surface area contributed by atoms with Gasteiger partial charge in [-0.2, -0.15) is 0 Å². The summed E-state index contributed by atoms with van der Waals surface area (Å²) in [7, 11) is 1.34. The molecule has 1 aliphatic rings. The van der Waals surface area contributed by atoms with Gasteiger partial charge in [-0.25, -0.2) is 0 Å². The third-order valence-corrected chi connectivity index (χ3v) is 4.30. The molecule has 3 N–H and O–H groups in total. The van der Waals surface area contributed by atoms with Crippen LogP contribution in [-0.2, 0) is 25.5 Å². The Morgan fingerprint density at radius 1 is 1.33 bits per heavy atom. The van der Waals surface area contributed by atoms with Crippen LogP contribution in [0.1, 0.15) is 43.2 Å². The summed E-state index contributed by atoms with van der Waals surface area (Å²) >= 11 is 0. The van der Waals surface area contributed by atoms with E-state index < -0.39 is 0 Å². The van der Waals surface area contributed by atoms with Gasteiger partial charge < -0.3 is 15.2 Å². The summed E-state index contributed by atoms with van der Waals surface area (Å²) < 4.78 is 10.0. The number of esters is 2. The van der Waals surface area contributed by atoms with Crippen LogP contribution in [0.15, 0.2) is 24.3 Å². The number of amidine groups is 1. The first-order valence-corrected chi connectivity index (χ1v) is 8.20. The lowest BCUT2D eigenvalue weighted by Crippen LogP contribution is -2.34. The van der Waals surface area contributed by atoms with Crippen molar-refractivity contribution < 1.29 is 19.1 Å². The molecule has 1 heterocycles. The standard InChI is InChI=1S/C18H24N2O4/c1-23-18(22)14-10-15(24-16(21)11-14)5-3-2-4-12-6-8-13(9-7-12)17(19)20/h6-9,14-15H,2-5,10-11H2,1H3,(H3,19,20)/t14-,15+/m0/s1. The van der Waals surface area contributed by atoms with Gasteiger partial charge in [0.1, 0.15) is 11.9 Å². The van der Waals surface area contributed by atoms with Crippen molar-refractivity contribution in [1.29, 1.82) is 5.41 Å². The quantitative estimate of drug-likeness (QED) is 0.345. The number of methoxy groups -OCH3 is 1. The number of cyclic esters (lactones) is 1. The zero-order chi connectivity index (χ0) is 17.5. The molecule has 1 aliphatic heterocycles. The Labute approximate surface area is 141 Å². The van der Waals surface area contributed by atoms with Gasteiger partial charge in [0.15, 0.2) is 0 Å². The second-order valence-corrected chi connectivity index (χ2v) is 6.13. The van der Waals surface area contributed by atoms with Crippen molar-refractivity contribution in [1.82, 2.24) is 0 Å². The molecule has 1 saturated heterocycles. The van der Waals surface area contributed by atoms with Crippen LogP contribution < -0.4 is 5.73 Å². The van der Waals surface area contributed by atoms with Crippen LogP contribution in [-0.4, -0.2) is 31.0 Å². The number of nitrogens with one attached hydrogen (secondary N) is 1. The number of hydrogen-bond acceptors (Lipinski definition) is 5. The maximum atomic E-state index is 11.6. The third-order valence-electron chi connectivity index (χ3n) is 4.30. The predicted molar refractivity (Wildman–Crippen MR) is 89.6 cm³/mol. The molecule has 130 valence electrons. The van der Waals surface area contributed by atoms with Gasteiger partial charge in [0.2, 0.25) is 0 Å². The SMILES string of the molecule is COC(=O)[C@@H]1CC(=O)O[C@H](CCCCc2ccc(C(=N)N)cc2)C1. The molecule has 6 nitrogen and oxygen atoms in total. The van der Waals surface area contributed by atoms with E-state index in [-0.39, 0.29) is 36.2 Å². The van der Waals surface area contributed by atoms with Crippen LogP contribution in [0.3, 0.4) is 0 Å². The Morgan fingerprint density at radius 3 is 2.67 bits per heavy atom. The van der Waals surface area contributed by atoms with Gasteiger partial charge in [-0.15, -0.1) is 0 Å². The lowest BCUT2D eigenvalue weighted by atomic mass is 9.92. The third kappa shape index (κ3) is 5.08. The summed E-state index contributed by atoms with van der Waals surface area (Å²) in [6, 6.07) is 7.65. The Bertz CT molecular complexity index is 598. The van der Waals surface area contributed by atoms with Crippen LogP contribution in [0.25, 0.3) is 0 Å². The molecule has 0 bridgehead atoms. The van der Waals surface area contributed by atoms with Crippen molar-refractivity contribution in [3.05, 3.63) is 35.4 Å². The van der Waals surface area contributed by atoms with Gasteiger partial charge in [-0.05, 0) is 37.7 Å². The summed E-state index contributed by atoms with van der Waals surface area (Å²) in [5.74, 6) is -0.954. The number of carbonyl (C=O) groups excluding carboxylic acids is 2. The van der Waals surface area contributed by atoms with E-state index in [0.29, 0.717) is 6.42 Å². The molecule has 24 heavy (non-hydrogen) atoms. The normalized spacial score (nSPS) is 20.3. The largest absolute Gasteiger partial charge is 0.469 e. The number of benzene rings is 1. The Balaban J connectivity index is 1.74. The topological polar surface area (TPSA) is 102 Å². The lowest BCUT2D eigenvalue weighted by Gasteiger charge is -2.27. The molecule has 1 fully saturated rings. The average Bonchev–Trinajstić information content (AvgIpc) is 2.58. The van der Waals surface area contributed by atoms with Crippen molar-refractivity contribution in [2.45, 2.75) is 44.6 Å². The second-order valence-electron chi connectivity index (χ2n) is 6.13. The van der Waals surface area contributed by atoms with Crippen molar-refractivity contribution in [3.63, 3.8) is 0 Å². The fourth-order valence-electron chi connectivity index (χ4n) is 2.96. The molecule has 0 aliphatic carbocycles. The van der Waals surface area contributed by atoms with Gasteiger partial charge in [0, 0.05) is 5.56 Å². The van der Waals surface area contributed by atoms with Gasteiger partial charge in [-0.3, -0.25) is 15.0 Å². The minimum absolute atomic E-state index is 0.0702. The highest BCUT2D eigenvalue weighted by Gasteiger charge is 2.33. The van der Waals surface area contributed by atoms with Crippen LogP contribution in [0.4, 0.5) is 0 Å². The zero-order valence-electron chi connectivity index (χ0n) is 13.9. The lowest BCUT2D eigenvalue weighted by molar-refractivity contribution is -0.166. The van der Waals surface area contributed by atoms with E-state index in [1.807, 2.05) is 24.3 Å². The molecule has 2 rings (SSSR count). The number of ether oxygens (including phenoxy) is 2. The van der Waals surface area contributed by atoms with E-state index in [1.54, 1.807) is 0 Å². The predicted octanol–water partition coefficient (Wildman–Crippen LogP) is 2.18. The maximum absolute atomic E-state index is 11.6. The smallest absolute Gasteiger partial charge is 0.309 e.